The van der Waals surface area contributed by atoms with Crippen molar-refractivity contribution >= 4 is 39.9 Å². The van der Waals surface area contributed by atoms with Gasteiger partial charge in [0.05, 0.1) is 10.9 Å². The lowest BCUT2D eigenvalue weighted by Gasteiger charge is -2.11. The normalized spacial score (nSPS) is 10.8. The Labute approximate surface area is 189 Å². The Morgan fingerprint density at radius 3 is 2.50 bits per heavy atom. The van der Waals surface area contributed by atoms with Gasteiger partial charge in [-0.1, -0.05) is 18.5 Å². The fourth-order valence-corrected chi connectivity index (χ4v) is 3.43. The summed E-state index contributed by atoms with van der Waals surface area (Å²) in [7, 11) is 0. The van der Waals surface area contributed by atoms with Crippen LogP contribution in [0.1, 0.15) is 18.1 Å². The lowest BCUT2D eigenvalue weighted by Crippen LogP contribution is -2.19. The van der Waals surface area contributed by atoms with Gasteiger partial charge in [0.2, 0.25) is 5.88 Å². The molecule has 0 fully saturated rings. The molecule has 0 aliphatic carbocycles. The van der Waals surface area contributed by atoms with E-state index in [0.29, 0.717) is 44.5 Å². The maximum atomic E-state index is 13.8. The van der Waals surface area contributed by atoms with Crippen LogP contribution in [0.25, 0.3) is 10.9 Å². The molecular formula is C24H20ClFN4O2. The Morgan fingerprint density at radius 2 is 1.75 bits per heavy atom. The average Bonchev–Trinajstić information content (AvgIpc) is 2.77. The van der Waals surface area contributed by atoms with Crippen LogP contribution in [0.2, 0.25) is 5.02 Å². The van der Waals surface area contributed by atoms with Gasteiger partial charge in [-0.05, 0) is 73.0 Å². The van der Waals surface area contributed by atoms with E-state index >= 15 is 0 Å². The summed E-state index contributed by atoms with van der Waals surface area (Å²) in [4.78, 5) is 20.6. The van der Waals surface area contributed by atoms with Gasteiger partial charge in [0, 0.05) is 22.5 Å². The lowest BCUT2D eigenvalue weighted by molar-refractivity contribution is 0.262. The Balaban J connectivity index is 1.44. The van der Waals surface area contributed by atoms with Crippen LogP contribution in [-0.2, 0) is 6.42 Å². The van der Waals surface area contributed by atoms with Gasteiger partial charge >= 0.3 is 6.03 Å². The second-order valence-corrected chi connectivity index (χ2v) is 7.57. The Hall–Kier alpha value is -3.71. The van der Waals surface area contributed by atoms with Crippen molar-refractivity contribution in [2.45, 2.75) is 20.3 Å². The molecule has 4 rings (SSSR count). The maximum absolute atomic E-state index is 13.8. The summed E-state index contributed by atoms with van der Waals surface area (Å²) in [5.74, 6) is 0.509. The smallest absolute Gasteiger partial charge is 0.323 e. The molecule has 4 aromatic rings. The summed E-state index contributed by atoms with van der Waals surface area (Å²) in [6.07, 6.45) is 2.10. The maximum Gasteiger partial charge on any atom is 0.323 e. The van der Waals surface area contributed by atoms with Crippen LogP contribution in [0.5, 0.6) is 11.6 Å². The molecule has 32 heavy (non-hydrogen) atoms. The van der Waals surface area contributed by atoms with Gasteiger partial charge < -0.3 is 15.4 Å². The zero-order valence-corrected chi connectivity index (χ0v) is 18.2. The Bertz CT molecular complexity index is 1300. The number of aryl methyl sites for hydroxylation is 2. The predicted octanol–water partition coefficient (Wildman–Crippen LogP) is 6.73. The third-order valence-corrected chi connectivity index (χ3v) is 5.26. The highest BCUT2D eigenvalue weighted by atomic mass is 35.5. The highest BCUT2D eigenvalue weighted by Gasteiger charge is 2.10. The number of benzene rings is 3. The van der Waals surface area contributed by atoms with Crippen LogP contribution in [0.3, 0.4) is 0 Å². The lowest BCUT2D eigenvalue weighted by atomic mass is 10.1. The van der Waals surface area contributed by atoms with Crippen molar-refractivity contribution in [1.82, 2.24) is 9.97 Å². The van der Waals surface area contributed by atoms with Gasteiger partial charge in [0.15, 0.2) is 0 Å². The van der Waals surface area contributed by atoms with Gasteiger partial charge in [-0.25, -0.2) is 19.2 Å². The van der Waals surface area contributed by atoms with Gasteiger partial charge in [0.25, 0.3) is 0 Å². The molecule has 162 valence electrons. The molecule has 0 atom stereocenters. The number of hydrogen-bond donors (Lipinski definition) is 2. The molecule has 6 nitrogen and oxygen atoms in total. The van der Waals surface area contributed by atoms with Crippen molar-refractivity contribution in [2.75, 3.05) is 10.6 Å². The molecule has 0 spiro atoms. The van der Waals surface area contributed by atoms with E-state index in [4.69, 9.17) is 16.3 Å². The van der Waals surface area contributed by atoms with Crippen LogP contribution in [0.15, 0.2) is 60.9 Å². The third-order valence-electron chi connectivity index (χ3n) is 4.89. The molecule has 0 radical (unpaired) electrons. The SMILES string of the molecule is CCc1cc(NC(=O)Nc2ccc(Oc3ncnc4cc(F)c(C)cc34)cc2)ccc1Cl. The van der Waals surface area contributed by atoms with E-state index in [-0.39, 0.29) is 11.8 Å². The molecule has 0 unspecified atom stereocenters. The zero-order chi connectivity index (χ0) is 22.7. The third kappa shape index (κ3) is 4.78. The first-order valence-electron chi connectivity index (χ1n) is 9.98. The molecule has 0 aliphatic heterocycles. The van der Waals surface area contributed by atoms with Crippen molar-refractivity contribution in [2.24, 2.45) is 0 Å². The first-order valence-corrected chi connectivity index (χ1v) is 10.4. The van der Waals surface area contributed by atoms with E-state index in [9.17, 15) is 9.18 Å². The minimum absolute atomic E-state index is 0.325. The molecule has 8 heteroatoms. The fourth-order valence-electron chi connectivity index (χ4n) is 3.18. The van der Waals surface area contributed by atoms with Crippen LogP contribution in [0, 0.1) is 12.7 Å². The highest BCUT2D eigenvalue weighted by Crippen LogP contribution is 2.29. The van der Waals surface area contributed by atoms with E-state index in [1.807, 2.05) is 13.0 Å². The summed E-state index contributed by atoms with van der Waals surface area (Å²) >= 11 is 6.12. The van der Waals surface area contributed by atoms with Gasteiger partial charge in [-0.15, -0.1) is 0 Å². The summed E-state index contributed by atoms with van der Waals surface area (Å²) in [5, 5.41) is 6.85. The van der Waals surface area contributed by atoms with E-state index in [1.165, 1.54) is 12.4 Å². The summed E-state index contributed by atoms with van der Waals surface area (Å²) < 4.78 is 19.7. The Morgan fingerprint density at radius 1 is 1.03 bits per heavy atom. The van der Waals surface area contributed by atoms with E-state index in [1.54, 1.807) is 49.4 Å². The monoisotopic (exact) mass is 450 g/mol. The largest absolute Gasteiger partial charge is 0.438 e. The number of anilines is 2. The number of carbonyl (C=O) groups excluding carboxylic acids is 1. The van der Waals surface area contributed by atoms with Crippen molar-refractivity contribution in [3.63, 3.8) is 0 Å². The molecule has 1 heterocycles. The zero-order valence-electron chi connectivity index (χ0n) is 17.4. The first-order chi connectivity index (χ1) is 15.4. The topological polar surface area (TPSA) is 76.1 Å². The summed E-state index contributed by atoms with van der Waals surface area (Å²) in [6, 6.07) is 14.8. The van der Waals surface area contributed by atoms with Crippen molar-refractivity contribution < 1.29 is 13.9 Å². The van der Waals surface area contributed by atoms with Crippen molar-refractivity contribution in [1.29, 1.82) is 0 Å². The van der Waals surface area contributed by atoms with Gasteiger partial charge in [-0.2, -0.15) is 0 Å². The number of nitrogens with zero attached hydrogens (tertiary/aromatic N) is 2. The van der Waals surface area contributed by atoms with Crippen LogP contribution >= 0.6 is 11.6 Å². The second-order valence-electron chi connectivity index (χ2n) is 7.16. The standard InChI is InChI=1S/C24H20ClFN4O2/c1-3-15-11-17(6-9-20(15)25)30-24(31)29-16-4-7-18(8-5-16)32-23-19-10-14(2)21(26)12-22(19)27-13-28-23/h4-13H,3H2,1-2H3,(H2,29,30,31). The number of halogens is 2. The van der Waals surface area contributed by atoms with Crippen molar-refractivity contribution in [3.05, 3.63) is 82.9 Å². The summed E-state index contributed by atoms with van der Waals surface area (Å²) in [5.41, 5.74) is 3.15. The molecule has 0 aliphatic rings. The first kappa shape index (κ1) is 21.5. The number of nitrogens with one attached hydrogen (secondary N) is 2. The minimum atomic E-state index is -0.373. The molecule has 1 aromatic heterocycles. The number of urea groups is 1. The number of fused-ring (bicyclic) bond motifs is 1. The molecule has 0 bridgehead atoms. The van der Waals surface area contributed by atoms with Crippen LogP contribution in [-0.4, -0.2) is 16.0 Å². The molecule has 3 aromatic carbocycles. The van der Waals surface area contributed by atoms with Crippen LogP contribution < -0.4 is 15.4 Å². The molecule has 0 saturated heterocycles. The molecule has 0 saturated carbocycles. The van der Waals surface area contributed by atoms with E-state index in [0.717, 1.165) is 12.0 Å². The van der Waals surface area contributed by atoms with Crippen molar-refractivity contribution in [3.8, 4) is 11.6 Å². The van der Waals surface area contributed by atoms with Gasteiger partial charge in [-0.3, -0.25) is 0 Å². The number of hydrogen-bond acceptors (Lipinski definition) is 4. The predicted molar refractivity (Wildman–Crippen MR) is 124 cm³/mol. The van der Waals surface area contributed by atoms with Crippen LogP contribution in [0.4, 0.5) is 20.6 Å². The number of ether oxygens (including phenoxy) is 1. The quantitative estimate of drug-likeness (QED) is 0.353. The molecule has 2 amide bonds. The average molecular weight is 451 g/mol. The van der Waals surface area contributed by atoms with E-state index < -0.39 is 0 Å². The van der Waals surface area contributed by atoms with E-state index in [2.05, 4.69) is 20.6 Å². The number of carbonyl (C=O) groups is 1. The fraction of sp³-hybridized carbons (Fsp3) is 0.125. The summed E-state index contributed by atoms with van der Waals surface area (Å²) in [6.45, 7) is 3.67. The number of rotatable bonds is 5. The minimum Gasteiger partial charge on any atom is -0.438 e. The van der Waals surface area contributed by atoms with Gasteiger partial charge in [0.1, 0.15) is 17.9 Å². The highest BCUT2D eigenvalue weighted by molar-refractivity contribution is 6.31. The second kappa shape index (κ2) is 9.20. The Kier molecular flexibility index (Phi) is 6.18. The molecular weight excluding hydrogens is 431 g/mol. The number of amides is 2. The number of aromatic nitrogens is 2. The molecule has 2 N–H and O–H groups in total.